The van der Waals surface area contributed by atoms with E-state index in [2.05, 4.69) is 5.32 Å². The molecule has 0 aromatic heterocycles. The van der Waals surface area contributed by atoms with Gasteiger partial charge >= 0.3 is 0 Å². The molecule has 1 aliphatic heterocycles. The lowest BCUT2D eigenvalue weighted by molar-refractivity contribution is -0.149. The fraction of sp³-hybridized carbons (Fsp3) is 0.385. The third-order valence-electron chi connectivity index (χ3n) is 2.96. The highest BCUT2D eigenvalue weighted by Crippen LogP contribution is 2.10. The van der Waals surface area contributed by atoms with Crippen LogP contribution < -0.4 is 5.32 Å². The molecule has 0 bridgehead atoms. The highest BCUT2D eigenvalue weighted by molar-refractivity contribution is 6.00. The van der Waals surface area contributed by atoms with E-state index in [4.69, 9.17) is 0 Å². The normalized spacial score (nSPS) is 20.8. The first-order valence-corrected chi connectivity index (χ1v) is 5.71. The molecular weight excluding hydrogens is 216 g/mol. The van der Waals surface area contributed by atoms with Crippen LogP contribution in [0.3, 0.4) is 0 Å². The molecule has 90 valence electrons. The third-order valence-corrected chi connectivity index (χ3v) is 2.96. The second-order valence-electron chi connectivity index (χ2n) is 4.41. The molecule has 0 spiro atoms. The first-order chi connectivity index (χ1) is 8.08. The molecule has 1 unspecified atom stereocenters. The van der Waals surface area contributed by atoms with Gasteiger partial charge in [0.15, 0.2) is 0 Å². The maximum atomic E-state index is 11.8. The number of benzene rings is 1. The van der Waals surface area contributed by atoms with Crippen molar-refractivity contribution in [3.63, 3.8) is 0 Å². The van der Waals surface area contributed by atoms with Crippen molar-refractivity contribution >= 4 is 11.8 Å². The van der Waals surface area contributed by atoms with E-state index in [0.29, 0.717) is 6.54 Å². The molecule has 1 fully saturated rings. The number of imide groups is 1. The van der Waals surface area contributed by atoms with E-state index in [1.165, 1.54) is 10.5 Å². The van der Waals surface area contributed by atoms with Gasteiger partial charge in [-0.2, -0.15) is 0 Å². The first kappa shape index (κ1) is 11.8. The zero-order valence-electron chi connectivity index (χ0n) is 10.1. The smallest absolute Gasteiger partial charge is 0.246 e. The third kappa shape index (κ3) is 2.53. The summed E-state index contributed by atoms with van der Waals surface area (Å²) in [5.74, 6) is -0.310. The van der Waals surface area contributed by atoms with Gasteiger partial charge in [0.2, 0.25) is 11.8 Å². The minimum Gasteiger partial charge on any atom is -0.298 e. The summed E-state index contributed by atoms with van der Waals surface area (Å²) in [5, 5.41) is 2.87. The Bertz CT molecular complexity index is 439. The number of rotatable bonds is 2. The molecule has 1 N–H and O–H groups in total. The van der Waals surface area contributed by atoms with Crippen LogP contribution in [0.1, 0.15) is 18.1 Å². The van der Waals surface area contributed by atoms with Crippen molar-refractivity contribution in [2.24, 2.45) is 0 Å². The van der Waals surface area contributed by atoms with Gasteiger partial charge in [-0.05, 0) is 19.4 Å². The van der Waals surface area contributed by atoms with Crippen molar-refractivity contribution in [3.05, 3.63) is 35.4 Å². The Balaban J connectivity index is 2.13. The van der Waals surface area contributed by atoms with Gasteiger partial charge in [-0.3, -0.25) is 19.8 Å². The number of carbonyl (C=O) groups is 2. The van der Waals surface area contributed by atoms with Crippen LogP contribution in [0.25, 0.3) is 0 Å². The highest BCUT2D eigenvalue weighted by Gasteiger charge is 2.30. The van der Waals surface area contributed by atoms with Gasteiger partial charge in [0.25, 0.3) is 0 Å². The van der Waals surface area contributed by atoms with E-state index in [1.54, 1.807) is 6.92 Å². The fourth-order valence-corrected chi connectivity index (χ4v) is 1.82. The Morgan fingerprint density at radius 3 is 2.59 bits per heavy atom. The second-order valence-corrected chi connectivity index (χ2v) is 4.41. The van der Waals surface area contributed by atoms with Crippen molar-refractivity contribution in [2.45, 2.75) is 26.4 Å². The minimum atomic E-state index is -0.279. The molecule has 4 heteroatoms. The molecule has 1 atom stereocenters. The first-order valence-electron chi connectivity index (χ1n) is 5.71. The largest absolute Gasteiger partial charge is 0.298 e. The van der Waals surface area contributed by atoms with Crippen LogP contribution in [-0.4, -0.2) is 29.3 Å². The lowest BCUT2D eigenvalue weighted by Gasteiger charge is -2.29. The van der Waals surface area contributed by atoms with E-state index in [0.717, 1.165) is 5.56 Å². The van der Waals surface area contributed by atoms with Crippen molar-refractivity contribution in [2.75, 3.05) is 6.54 Å². The Morgan fingerprint density at radius 1 is 1.29 bits per heavy atom. The maximum Gasteiger partial charge on any atom is 0.246 e. The van der Waals surface area contributed by atoms with E-state index >= 15 is 0 Å². The molecule has 0 saturated carbocycles. The van der Waals surface area contributed by atoms with E-state index < -0.39 is 0 Å². The Hall–Kier alpha value is -1.68. The van der Waals surface area contributed by atoms with Crippen molar-refractivity contribution in [3.8, 4) is 0 Å². The quantitative estimate of drug-likeness (QED) is 0.769. The van der Waals surface area contributed by atoms with Crippen molar-refractivity contribution in [1.29, 1.82) is 0 Å². The fourth-order valence-electron chi connectivity index (χ4n) is 1.82. The summed E-state index contributed by atoms with van der Waals surface area (Å²) in [5.41, 5.74) is 2.14. The number of amides is 2. The SMILES string of the molecule is Cc1ccc(CN2C(=O)CNC(C)C2=O)cc1. The van der Waals surface area contributed by atoms with Gasteiger partial charge in [0.1, 0.15) is 0 Å². The predicted octanol–water partition coefficient (Wildman–Crippen LogP) is 0.842. The van der Waals surface area contributed by atoms with Gasteiger partial charge in [-0.15, -0.1) is 0 Å². The lowest BCUT2D eigenvalue weighted by Crippen LogP contribution is -2.56. The number of nitrogens with zero attached hydrogens (tertiary/aromatic N) is 1. The molecule has 1 saturated heterocycles. The van der Waals surface area contributed by atoms with Crippen LogP contribution in [0.15, 0.2) is 24.3 Å². The van der Waals surface area contributed by atoms with Crippen molar-refractivity contribution in [1.82, 2.24) is 10.2 Å². The zero-order chi connectivity index (χ0) is 12.4. The second kappa shape index (κ2) is 4.67. The average Bonchev–Trinajstić information content (AvgIpc) is 2.32. The van der Waals surface area contributed by atoms with E-state index in [1.807, 2.05) is 31.2 Å². The number of carbonyl (C=O) groups excluding carboxylic acids is 2. The standard InChI is InChI=1S/C13H16N2O2/c1-9-3-5-11(6-4-9)8-15-12(16)7-14-10(2)13(15)17/h3-6,10,14H,7-8H2,1-2H3. The monoisotopic (exact) mass is 232 g/mol. The van der Waals surface area contributed by atoms with Crippen LogP contribution in [0.4, 0.5) is 0 Å². The number of nitrogens with one attached hydrogen (secondary N) is 1. The molecule has 0 aliphatic carbocycles. The molecule has 2 amide bonds. The molecule has 4 nitrogen and oxygen atoms in total. The van der Waals surface area contributed by atoms with Gasteiger partial charge in [0, 0.05) is 0 Å². The molecule has 2 rings (SSSR count). The summed E-state index contributed by atoms with van der Waals surface area (Å²) in [6.07, 6.45) is 0. The van der Waals surface area contributed by atoms with Crippen LogP contribution >= 0.6 is 0 Å². The summed E-state index contributed by atoms with van der Waals surface area (Å²) in [7, 11) is 0. The number of aryl methyl sites for hydroxylation is 1. The van der Waals surface area contributed by atoms with Crippen LogP contribution in [0, 0.1) is 6.92 Å². The summed E-state index contributed by atoms with van der Waals surface area (Å²) in [6.45, 7) is 4.38. The number of hydrogen-bond donors (Lipinski definition) is 1. The maximum absolute atomic E-state index is 11.8. The van der Waals surface area contributed by atoms with Crippen LogP contribution in [0.2, 0.25) is 0 Å². The number of hydrogen-bond acceptors (Lipinski definition) is 3. The molecule has 1 aromatic carbocycles. The zero-order valence-corrected chi connectivity index (χ0v) is 10.1. The van der Waals surface area contributed by atoms with Crippen LogP contribution in [0.5, 0.6) is 0 Å². The Labute approximate surface area is 101 Å². The van der Waals surface area contributed by atoms with Gasteiger partial charge < -0.3 is 0 Å². The summed E-state index contributed by atoms with van der Waals surface area (Å²) in [6, 6.07) is 7.58. The predicted molar refractivity (Wildman–Crippen MR) is 64.2 cm³/mol. The molecule has 0 radical (unpaired) electrons. The Morgan fingerprint density at radius 2 is 1.94 bits per heavy atom. The van der Waals surface area contributed by atoms with Gasteiger partial charge in [-0.25, -0.2) is 0 Å². The molecule has 1 aromatic rings. The highest BCUT2D eigenvalue weighted by atomic mass is 16.2. The van der Waals surface area contributed by atoms with Gasteiger partial charge in [0.05, 0.1) is 19.1 Å². The van der Waals surface area contributed by atoms with Crippen LogP contribution in [-0.2, 0) is 16.1 Å². The van der Waals surface area contributed by atoms with E-state index in [9.17, 15) is 9.59 Å². The molecule has 17 heavy (non-hydrogen) atoms. The van der Waals surface area contributed by atoms with Gasteiger partial charge in [-0.1, -0.05) is 29.8 Å². The Kier molecular flexibility index (Phi) is 3.24. The molecule has 1 heterocycles. The summed E-state index contributed by atoms with van der Waals surface area (Å²) >= 11 is 0. The summed E-state index contributed by atoms with van der Waals surface area (Å²) in [4.78, 5) is 24.8. The van der Waals surface area contributed by atoms with Crippen molar-refractivity contribution < 1.29 is 9.59 Å². The average molecular weight is 232 g/mol. The molecular formula is C13H16N2O2. The molecule has 1 aliphatic rings. The summed E-state index contributed by atoms with van der Waals surface area (Å²) < 4.78 is 0. The van der Waals surface area contributed by atoms with E-state index in [-0.39, 0.29) is 24.4 Å². The minimum absolute atomic E-state index is 0.151. The topological polar surface area (TPSA) is 49.4 Å². The lowest BCUT2D eigenvalue weighted by atomic mass is 10.1. The number of piperazine rings is 1.